The molecule has 3 heterocycles. The Kier molecular flexibility index (Phi) is 8.65. The molecule has 0 bridgehead atoms. The van der Waals surface area contributed by atoms with Crippen molar-refractivity contribution in [2.45, 2.75) is 69.7 Å². The lowest BCUT2D eigenvalue weighted by Crippen LogP contribution is -2.60. The second kappa shape index (κ2) is 12.6. The molecule has 44 heavy (non-hydrogen) atoms. The number of halogens is 1. The monoisotopic (exact) mass is 613 g/mol. The third-order valence-corrected chi connectivity index (χ3v) is 9.68. The van der Waals surface area contributed by atoms with E-state index >= 15 is 0 Å². The molecule has 3 aliphatic rings. The largest absolute Gasteiger partial charge is 0.343 e. The Morgan fingerprint density at radius 3 is 2.30 bits per heavy atom. The zero-order valence-electron chi connectivity index (χ0n) is 25.3. The Morgan fingerprint density at radius 2 is 1.61 bits per heavy atom. The van der Waals surface area contributed by atoms with Crippen molar-refractivity contribution in [1.29, 1.82) is 0 Å². The number of amides is 3. The van der Waals surface area contributed by atoms with Gasteiger partial charge in [0.2, 0.25) is 17.7 Å². The molecule has 3 aromatic rings. The van der Waals surface area contributed by atoms with Crippen LogP contribution in [-0.2, 0) is 33.8 Å². The number of nitrogens with one attached hydrogen (secondary N) is 2. The van der Waals surface area contributed by atoms with Crippen LogP contribution in [0.4, 0.5) is 5.69 Å². The minimum atomic E-state index is -0.742. The predicted octanol–water partition coefficient (Wildman–Crippen LogP) is 4.16. The zero-order chi connectivity index (χ0) is 30.8. The average molecular weight is 614 g/mol. The number of piperidine rings is 1. The lowest BCUT2D eigenvalue weighted by Gasteiger charge is -2.44. The van der Waals surface area contributed by atoms with Crippen molar-refractivity contribution in [3.8, 4) is 0 Å². The molecule has 2 fully saturated rings. The SMILES string of the molecule is CC(C)N1CN(c2ccccc2)C2(CCN(C(=O)[C@@H](Cc3ccc(Cl)cc3)NC(=O)[C@H]3Cc4ccccc4CN3)CC2)C1=O. The summed E-state index contributed by atoms with van der Waals surface area (Å²) >= 11 is 6.13. The van der Waals surface area contributed by atoms with Crippen LogP contribution in [0.15, 0.2) is 78.9 Å². The highest BCUT2D eigenvalue weighted by atomic mass is 35.5. The second-order valence-electron chi connectivity index (χ2n) is 12.4. The third kappa shape index (κ3) is 5.93. The number of likely N-dealkylation sites (tertiary alicyclic amines) is 1. The first-order valence-corrected chi connectivity index (χ1v) is 15.9. The van der Waals surface area contributed by atoms with Crippen LogP contribution in [-0.4, -0.2) is 70.9 Å². The highest BCUT2D eigenvalue weighted by Crippen LogP contribution is 2.40. The molecule has 8 nitrogen and oxygen atoms in total. The number of nitrogens with zero attached hydrogens (tertiary/aromatic N) is 3. The number of carbonyl (C=O) groups excluding carboxylic acids is 3. The Labute approximate surface area is 264 Å². The zero-order valence-corrected chi connectivity index (χ0v) is 26.1. The summed E-state index contributed by atoms with van der Waals surface area (Å²) < 4.78 is 0. The fraction of sp³-hybridized carbons (Fsp3) is 0.400. The van der Waals surface area contributed by atoms with Crippen LogP contribution >= 0.6 is 11.6 Å². The van der Waals surface area contributed by atoms with E-state index < -0.39 is 17.6 Å². The molecule has 2 saturated heterocycles. The number of anilines is 1. The van der Waals surface area contributed by atoms with E-state index in [9.17, 15) is 14.4 Å². The molecule has 0 aromatic heterocycles. The quantitative estimate of drug-likeness (QED) is 0.418. The van der Waals surface area contributed by atoms with Gasteiger partial charge < -0.3 is 25.3 Å². The van der Waals surface area contributed by atoms with Crippen LogP contribution in [0.3, 0.4) is 0 Å². The van der Waals surface area contributed by atoms with Gasteiger partial charge in [-0.1, -0.05) is 66.2 Å². The lowest BCUT2D eigenvalue weighted by molar-refractivity contribution is -0.141. The maximum atomic E-state index is 14.2. The molecule has 0 radical (unpaired) electrons. The summed E-state index contributed by atoms with van der Waals surface area (Å²) in [6.07, 6.45) is 1.97. The minimum Gasteiger partial charge on any atom is -0.343 e. The smallest absolute Gasteiger partial charge is 0.250 e. The van der Waals surface area contributed by atoms with Gasteiger partial charge in [0.25, 0.3) is 0 Å². The van der Waals surface area contributed by atoms with Gasteiger partial charge in [-0.2, -0.15) is 0 Å². The molecule has 0 aliphatic carbocycles. The van der Waals surface area contributed by atoms with Crippen molar-refractivity contribution < 1.29 is 14.4 Å². The molecular weight excluding hydrogens is 574 g/mol. The van der Waals surface area contributed by atoms with Gasteiger partial charge in [0.05, 0.1) is 12.7 Å². The summed E-state index contributed by atoms with van der Waals surface area (Å²) in [7, 11) is 0. The predicted molar refractivity (Wildman–Crippen MR) is 172 cm³/mol. The molecule has 230 valence electrons. The summed E-state index contributed by atoms with van der Waals surface area (Å²) in [4.78, 5) is 47.6. The summed E-state index contributed by atoms with van der Waals surface area (Å²) in [5.41, 5.74) is 3.56. The van der Waals surface area contributed by atoms with Crippen molar-refractivity contribution in [3.63, 3.8) is 0 Å². The first kappa shape index (κ1) is 30.2. The summed E-state index contributed by atoms with van der Waals surface area (Å²) in [5, 5.41) is 7.05. The van der Waals surface area contributed by atoms with E-state index in [-0.39, 0.29) is 23.8 Å². The van der Waals surface area contributed by atoms with Gasteiger partial charge in [0.1, 0.15) is 11.6 Å². The number of benzene rings is 3. The van der Waals surface area contributed by atoms with E-state index in [0.29, 0.717) is 57.0 Å². The molecule has 2 atom stereocenters. The van der Waals surface area contributed by atoms with E-state index in [4.69, 9.17) is 11.6 Å². The van der Waals surface area contributed by atoms with Crippen molar-refractivity contribution >= 4 is 35.0 Å². The number of para-hydroxylation sites is 1. The summed E-state index contributed by atoms with van der Waals surface area (Å²) in [6, 6.07) is 24.5. The topological polar surface area (TPSA) is 85.0 Å². The van der Waals surface area contributed by atoms with Crippen molar-refractivity contribution in [3.05, 3.63) is 101 Å². The summed E-state index contributed by atoms with van der Waals surface area (Å²) in [6.45, 7) is 6.09. The number of fused-ring (bicyclic) bond motifs is 1. The molecule has 1 spiro atoms. The second-order valence-corrected chi connectivity index (χ2v) is 12.9. The van der Waals surface area contributed by atoms with Crippen LogP contribution in [0.5, 0.6) is 0 Å². The van der Waals surface area contributed by atoms with Gasteiger partial charge in [-0.25, -0.2) is 0 Å². The van der Waals surface area contributed by atoms with Crippen LogP contribution in [0.2, 0.25) is 5.02 Å². The molecule has 9 heteroatoms. The minimum absolute atomic E-state index is 0.0760. The molecule has 0 saturated carbocycles. The first-order valence-electron chi connectivity index (χ1n) is 15.5. The van der Waals surface area contributed by atoms with E-state index in [2.05, 4.69) is 27.7 Å². The first-order chi connectivity index (χ1) is 21.2. The van der Waals surface area contributed by atoms with E-state index in [1.54, 1.807) is 12.1 Å². The average Bonchev–Trinajstić information content (AvgIpc) is 3.33. The van der Waals surface area contributed by atoms with Crippen molar-refractivity contribution in [1.82, 2.24) is 20.4 Å². The number of rotatable bonds is 7. The van der Waals surface area contributed by atoms with Crippen LogP contribution in [0.1, 0.15) is 43.4 Å². The van der Waals surface area contributed by atoms with Gasteiger partial charge >= 0.3 is 0 Å². The fourth-order valence-electron chi connectivity index (χ4n) is 6.84. The van der Waals surface area contributed by atoms with Gasteiger partial charge in [-0.3, -0.25) is 14.4 Å². The number of hydrogen-bond acceptors (Lipinski definition) is 5. The molecule has 6 rings (SSSR count). The van der Waals surface area contributed by atoms with Gasteiger partial charge in [-0.15, -0.1) is 0 Å². The normalized spacial score (nSPS) is 20.1. The Hall–Kier alpha value is -3.88. The molecule has 0 unspecified atom stereocenters. The van der Waals surface area contributed by atoms with E-state index in [1.165, 1.54) is 5.56 Å². The van der Waals surface area contributed by atoms with E-state index in [1.807, 2.05) is 78.2 Å². The lowest BCUT2D eigenvalue weighted by atomic mass is 9.85. The van der Waals surface area contributed by atoms with Crippen molar-refractivity contribution in [2.75, 3.05) is 24.7 Å². The molecule has 3 aliphatic heterocycles. The third-order valence-electron chi connectivity index (χ3n) is 9.43. The molecule has 2 N–H and O–H groups in total. The highest BCUT2D eigenvalue weighted by molar-refractivity contribution is 6.30. The van der Waals surface area contributed by atoms with Crippen LogP contribution in [0.25, 0.3) is 0 Å². The molecular formula is C35H40ClN5O3. The van der Waals surface area contributed by atoms with Gasteiger partial charge in [0, 0.05) is 42.8 Å². The van der Waals surface area contributed by atoms with Crippen LogP contribution in [0, 0.1) is 0 Å². The molecule has 3 amide bonds. The van der Waals surface area contributed by atoms with Crippen LogP contribution < -0.4 is 15.5 Å². The Morgan fingerprint density at radius 1 is 0.955 bits per heavy atom. The number of carbonyl (C=O) groups is 3. The maximum absolute atomic E-state index is 14.2. The summed E-state index contributed by atoms with van der Waals surface area (Å²) in [5.74, 6) is -0.191. The van der Waals surface area contributed by atoms with Crippen molar-refractivity contribution in [2.24, 2.45) is 0 Å². The molecule has 3 aromatic carbocycles. The van der Waals surface area contributed by atoms with Gasteiger partial charge in [0.15, 0.2) is 0 Å². The fourth-order valence-corrected chi connectivity index (χ4v) is 6.96. The standard InChI is InChI=1S/C35H40ClN5O3/c1-24(2)40-23-41(29-10-4-3-5-11-29)35(34(40)44)16-18-39(19-17-35)33(43)31(20-25-12-14-28(36)15-13-25)38-32(42)30-21-26-8-6-7-9-27(26)22-37-30/h3-15,24,30-31,37H,16-23H2,1-2H3,(H,38,42)/t30-,31-/m1/s1. The number of hydrogen-bond donors (Lipinski definition) is 2. The highest BCUT2D eigenvalue weighted by Gasteiger charge is 2.54. The Balaban J connectivity index is 1.20. The Bertz CT molecular complexity index is 1500. The van der Waals surface area contributed by atoms with Gasteiger partial charge in [-0.05, 0) is 74.1 Å². The van der Waals surface area contributed by atoms with E-state index in [0.717, 1.165) is 16.8 Å². The maximum Gasteiger partial charge on any atom is 0.250 e.